The summed E-state index contributed by atoms with van der Waals surface area (Å²) in [5, 5.41) is 0.381. The molecule has 0 saturated carbocycles. The molecule has 0 aliphatic rings. The Morgan fingerprint density at radius 1 is 0.552 bits per heavy atom. The van der Waals surface area contributed by atoms with E-state index in [1.54, 1.807) is 0 Å². The van der Waals surface area contributed by atoms with Crippen LogP contribution in [-0.4, -0.2) is 41.8 Å². The van der Waals surface area contributed by atoms with Gasteiger partial charge in [0.15, 0.2) is 0 Å². The van der Waals surface area contributed by atoms with Gasteiger partial charge in [0, 0.05) is 0 Å². The van der Waals surface area contributed by atoms with E-state index >= 15 is 0 Å². The van der Waals surface area contributed by atoms with Gasteiger partial charge >= 0.3 is 20.8 Å². The van der Waals surface area contributed by atoms with Crippen molar-refractivity contribution in [1.82, 2.24) is 5.23 Å². The minimum atomic E-state index is -4.40. The van der Waals surface area contributed by atoms with Crippen LogP contribution in [0.4, 0.5) is 0 Å². The summed E-state index contributed by atoms with van der Waals surface area (Å²) in [5.74, 6) is 0. The molecule has 0 radical (unpaired) electrons. The van der Waals surface area contributed by atoms with Gasteiger partial charge in [0.05, 0.1) is 19.8 Å². The highest BCUT2D eigenvalue weighted by atomic mass is 32.3. The van der Waals surface area contributed by atoms with Crippen LogP contribution in [0.2, 0.25) is 0 Å². The molecule has 0 aromatic rings. The van der Waals surface area contributed by atoms with Crippen LogP contribution in [0.15, 0.2) is 0 Å². The Labute approximate surface area is 177 Å². The first-order valence-corrected chi connectivity index (χ1v) is 13.4. The summed E-state index contributed by atoms with van der Waals surface area (Å²) in [5.41, 5.74) is 0. The molecule has 0 heterocycles. The van der Waals surface area contributed by atoms with Gasteiger partial charge in [-0.05, 0) is 25.5 Å². The largest absolute Gasteiger partial charge is 0.418 e. The summed E-state index contributed by atoms with van der Waals surface area (Å²) in [6.07, 6.45) is 13.6. The Balaban J connectivity index is 4.11. The molecule has 0 rings (SSSR count). The summed E-state index contributed by atoms with van der Waals surface area (Å²) in [6.45, 7) is 4.80. The number of hydroxylamine groups is 2. The lowest BCUT2D eigenvalue weighted by atomic mass is 10.1. The van der Waals surface area contributed by atoms with Crippen molar-refractivity contribution in [2.24, 2.45) is 0 Å². The van der Waals surface area contributed by atoms with Crippen molar-refractivity contribution in [3.8, 4) is 0 Å². The standard InChI is InChI=1S/C18H39NO8S2/c1-4-7-8-9-10-11-12-13-14-15-16-17-18-19(26-28(20,21)24-5-2)27-29(22,23)25-6-3/h4-18H2,1-3H3. The molecule has 0 aliphatic carbocycles. The van der Waals surface area contributed by atoms with Gasteiger partial charge in [0.25, 0.3) is 0 Å². The Bertz CT molecular complexity index is 543. The predicted octanol–water partition coefficient (Wildman–Crippen LogP) is 4.42. The van der Waals surface area contributed by atoms with E-state index in [0.717, 1.165) is 19.3 Å². The smallest absolute Gasteiger partial charge is 0.247 e. The zero-order valence-electron chi connectivity index (χ0n) is 18.1. The van der Waals surface area contributed by atoms with E-state index in [-0.39, 0.29) is 19.8 Å². The van der Waals surface area contributed by atoms with Crippen molar-refractivity contribution >= 4 is 20.8 Å². The molecule has 0 atom stereocenters. The molecular weight excluding hydrogens is 422 g/mol. The van der Waals surface area contributed by atoms with Gasteiger partial charge in [-0.15, -0.1) is 8.57 Å². The molecule has 0 spiro atoms. The number of hydrogen-bond donors (Lipinski definition) is 0. The van der Waals surface area contributed by atoms with Crippen LogP contribution in [0.5, 0.6) is 0 Å². The Hall–Kier alpha value is -0.300. The molecular formula is C18H39NO8S2. The maximum Gasteiger partial charge on any atom is 0.418 e. The summed E-state index contributed by atoms with van der Waals surface area (Å²) in [4.78, 5) is 0. The van der Waals surface area contributed by atoms with Gasteiger partial charge in [-0.3, -0.25) is 0 Å². The monoisotopic (exact) mass is 461 g/mol. The average Bonchev–Trinajstić information content (AvgIpc) is 2.61. The van der Waals surface area contributed by atoms with Crippen molar-refractivity contribution < 1.29 is 33.8 Å². The predicted molar refractivity (Wildman–Crippen MR) is 111 cm³/mol. The van der Waals surface area contributed by atoms with E-state index in [0.29, 0.717) is 11.6 Å². The lowest BCUT2D eigenvalue weighted by Crippen LogP contribution is -2.32. The van der Waals surface area contributed by atoms with Crippen LogP contribution in [0.1, 0.15) is 97.8 Å². The molecule has 0 N–H and O–H groups in total. The van der Waals surface area contributed by atoms with Gasteiger partial charge in [-0.2, -0.15) is 16.8 Å². The van der Waals surface area contributed by atoms with Gasteiger partial charge in [0.1, 0.15) is 0 Å². The molecule has 0 fully saturated rings. The molecule has 11 heteroatoms. The van der Waals surface area contributed by atoms with Crippen LogP contribution in [-0.2, 0) is 37.7 Å². The maximum absolute atomic E-state index is 11.6. The molecule has 9 nitrogen and oxygen atoms in total. The number of rotatable bonds is 21. The first kappa shape index (κ1) is 28.7. The lowest BCUT2D eigenvalue weighted by molar-refractivity contribution is -0.259. The topological polar surface area (TPSA) is 108 Å². The Kier molecular flexibility index (Phi) is 17.2. The highest BCUT2D eigenvalue weighted by Gasteiger charge is 2.25. The number of unbranched alkanes of at least 4 members (excludes halogenated alkanes) is 11. The van der Waals surface area contributed by atoms with E-state index in [1.165, 1.54) is 65.2 Å². The summed E-state index contributed by atoms with van der Waals surface area (Å²) in [7, 11) is -8.81. The second-order valence-corrected chi connectivity index (χ2v) is 9.13. The van der Waals surface area contributed by atoms with Crippen molar-refractivity contribution in [3.63, 3.8) is 0 Å². The van der Waals surface area contributed by atoms with Crippen molar-refractivity contribution in [1.29, 1.82) is 0 Å². The van der Waals surface area contributed by atoms with Gasteiger partial charge in [-0.1, -0.05) is 77.6 Å². The van der Waals surface area contributed by atoms with Gasteiger partial charge in [-0.25, -0.2) is 8.37 Å². The van der Waals surface area contributed by atoms with Gasteiger partial charge in [0.2, 0.25) is 0 Å². The third-order valence-corrected chi connectivity index (χ3v) is 5.81. The Morgan fingerprint density at radius 3 is 1.24 bits per heavy atom. The molecule has 0 aromatic heterocycles. The second-order valence-electron chi connectivity index (χ2n) is 6.72. The molecule has 0 bridgehead atoms. The minimum Gasteiger partial charge on any atom is -0.247 e. The molecule has 0 aromatic carbocycles. The molecule has 0 saturated heterocycles. The summed E-state index contributed by atoms with van der Waals surface area (Å²) < 4.78 is 64.4. The van der Waals surface area contributed by atoms with Crippen LogP contribution >= 0.6 is 0 Å². The summed E-state index contributed by atoms with van der Waals surface area (Å²) >= 11 is 0. The fourth-order valence-corrected chi connectivity index (χ4v) is 4.02. The third-order valence-electron chi connectivity index (χ3n) is 4.07. The highest BCUT2D eigenvalue weighted by Crippen LogP contribution is 2.13. The second kappa shape index (κ2) is 17.4. The molecule has 0 aliphatic heterocycles. The third kappa shape index (κ3) is 18.2. The van der Waals surface area contributed by atoms with Crippen molar-refractivity contribution in [3.05, 3.63) is 0 Å². The SMILES string of the molecule is CCCCCCCCCCCCCCN(OS(=O)(=O)OCC)OS(=O)(=O)OCC. The van der Waals surface area contributed by atoms with E-state index in [2.05, 4.69) is 23.9 Å². The van der Waals surface area contributed by atoms with Crippen LogP contribution < -0.4 is 0 Å². The Morgan fingerprint density at radius 2 is 0.897 bits per heavy atom. The minimum absolute atomic E-state index is 0.0595. The van der Waals surface area contributed by atoms with E-state index < -0.39 is 20.8 Å². The lowest BCUT2D eigenvalue weighted by Gasteiger charge is -2.18. The fraction of sp³-hybridized carbons (Fsp3) is 1.00. The van der Waals surface area contributed by atoms with E-state index in [9.17, 15) is 16.8 Å². The zero-order valence-corrected chi connectivity index (χ0v) is 19.8. The maximum atomic E-state index is 11.6. The average molecular weight is 462 g/mol. The molecule has 176 valence electrons. The van der Waals surface area contributed by atoms with E-state index in [1.807, 2.05) is 0 Å². The zero-order chi connectivity index (χ0) is 22.0. The van der Waals surface area contributed by atoms with Crippen LogP contribution in [0, 0.1) is 0 Å². The number of hydrogen-bond acceptors (Lipinski definition) is 9. The summed E-state index contributed by atoms with van der Waals surface area (Å²) in [6, 6.07) is 0. The normalized spacial score (nSPS) is 12.7. The van der Waals surface area contributed by atoms with Crippen LogP contribution in [0.25, 0.3) is 0 Å². The molecule has 0 unspecified atom stereocenters. The van der Waals surface area contributed by atoms with E-state index in [4.69, 9.17) is 0 Å². The molecule has 29 heavy (non-hydrogen) atoms. The fourth-order valence-electron chi connectivity index (χ4n) is 2.70. The number of nitrogens with zero attached hydrogens (tertiary/aromatic N) is 1. The molecule has 0 amide bonds. The van der Waals surface area contributed by atoms with Crippen molar-refractivity contribution in [2.75, 3.05) is 19.8 Å². The van der Waals surface area contributed by atoms with Crippen LogP contribution in [0.3, 0.4) is 0 Å². The van der Waals surface area contributed by atoms with Crippen molar-refractivity contribution in [2.45, 2.75) is 97.8 Å². The quantitative estimate of drug-likeness (QED) is 0.181. The first-order valence-electron chi connectivity index (χ1n) is 10.7. The first-order chi connectivity index (χ1) is 13.8. The van der Waals surface area contributed by atoms with Gasteiger partial charge < -0.3 is 0 Å². The highest BCUT2D eigenvalue weighted by molar-refractivity contribution is 7.82.